The highest BCUT2D eigenvalue weighted by atomic mass is 16.5. The van der Waals surface area contributed by atoms with Gasteiger partial charge in [0.25, 0.3) is 0 Å². The summed E-state index contributed by atoms with van der Waals surface area (Å²) in [7, 11) is 0. The Morgan fingerprint density at radius 2 is 2.14 bits per heavy atom. The van der Waals surface area contributed by atoms with Crippen LogP contribution < -0.4 is 5.73 Å². The van der Waals surface area contributed by atoms with Gasteiger partial charge in [0.15, 0.2) is 5.96 Å². The molecule has 14 heavy (non-hydrogen) atoms. The van der Waals surface area contributed by atoms with Crippen molar-refractivity contribution in [2.75, 3.05) is 19.8 Å². The molecule has 4 heteroatoms. The van der Waals surface area contributed by atoms with Gasteiger partial charge in [-0.1, -0.05) is 0 Å². The van der Waals surface area contributed by atoms with Gasteiger partial charge in [0.2, 0.25) is 0 Å². The molecule has 1 aliphatic heterocycles. The summed E-state index contributed by atoms with van der Waals surface area (Å²) >= 11 is 0. The number of nitrogens with two attached hydrogens (primary N) is 1. The van der Waals surface area contributed by atoms with E-state index in [1.54, 1.807) is 0 Å². The summed E-state index contributed by atoms with van der Waals surface area (Å²) in [5, 5.41) is 0. The van der Waals surface area contributed by atoms with Gasteiger partial charge in [-0.3, -0.25) is 0 Å². The highest BCUT2D eigenvalue weighted by Crippen LogP contribution is 2.10. The van der Waals surface area contributed by atoms with E-state index >= 15 is 0 Å². The third-order valence-corrected chi connectivity index (χ3v) is 2.11. The number of rotatable bonds is 0. The molecule has 1 aliphatic rings. The van der Waals surface area contributed by atoms with Gasteiger partial charge < -0.3 is 15.4 Å². The molecular formula is C10H21N3O. The van der Waals surface area contributed by atoms with Gasteiger partial charge in [0.1, 0.15) is 0 Å². The molecular weight excluding hydrogens is 178 g/mol. The van der Waals surface area contributed by atoms with E-state index in [4.69, 9.17) is 10.5 Å². The van der Waals surface area contributed by atoms with E-state index in [0.29, 0.717) is 12.0 Å². The van der Waals surface area contributed by atoms with Crippen LogP contribution in [0.15, 0.2) is 4.99 Å². The van der Waals surface area contributed by atoms with Crippen LogP contribution in [0.5, 0.6) is 0 Å². The van der Waals surface area contributed by atoms with Crippen LogP contribution in [0.3, 0.4) is 0 Å². The average Bonchev–Trinajstić information content (AvgIpc) is 2.01. The van der Waals surface area contributed by atoms with E-state index in [2.05, 4.69) is 16.8 Å². The molecule has 1 rings (SSSR count). The van der Waals surface area contributed by atoms with Crippen LogP contribution in [0, 0.1) is 0 Å². The maximum Gasteiger partial charge on any atom is 0.192 e. The number of morpholine rings is 1. The molecule has 1 fully saturated rings. The fourth-order valence-electron chi connectivity index (χ4n) is 1.48. The molecule has 0 aliphatic carbocycles. The monoisotopic (exact) mass is 199 g/mol. The summed E-state index contributed by atoms with van der Waals surface area (Å²) in [6.45, 7) is 10.6. The molecule has 0 aromatic heterocycles. The summed E-state index contributed by atoms with van der Waals surface area (Å²) in [4.78, 5) is 6.55. The lowest BCUT2D eigenvalue weighted by atomic mass is 10.1. The van der Waals surface area contributed by atoms with Crippen LogP contribution in [-0.2, 0) is 4.74 Å². The van der Waals surface area contributed by atoms with Crippen molar-refractivity contribution in [3.8, 4) is 0 Å². The molecule has 0 saturated carbocycles. The zero-order valence-corrected chi connectivity index (χ0v) is 9.58. The molecule has 0 aromatic rings. The zero-order chi connectivity index (χ0) is 10.8. The molecule has 1 heterocycles. The molecule has 0 bridgehead atoms. The first-order chi connectivity index (χ1) is 6.40. The van der Waals surface area contributed by atoms with E-state index in [1.165, 1.54) is 0 Å². The van der Waals surface area contributed by atoms with E-state index < -0.39 is 0 Å². The summed E-state index contributed by atoms with van der Waals surface area (Å²) in [5.41, 5.74) is 5.84. The maximum absolute atomic E-state index is 5.95. The first kappa shape index (κ1) is 11.3. The first-order valence-corrected chi connectivity index (χ1v) is 5.10. The molecule has 0 amide bonds. The zero-order valence-electron chi connectivity index (χ0n) is 9.58. The van der Waals surface area contributed by atoms with Gasteiger partial charge in [0.05, 0.1) is 24.8 Å². The Bertz CT molecular complexity index is 220. The topological polar surface area (TPSA) is 50.9 Å². The van der Waals surface area contributed by atoms with E-state index in [0.717, 1.165) is 19.8 Å². The highest BCUT2D eigenvalue weighted by molar-refractivity contribution is 5.78. The van der Waals surface area contributed by atoms with Crippen LogP contribution >= 0.6 is 0 Å². The molecule has 82 valence electrons. The third-order valence-electron chi connectivity index (χ3n) is 2.11. The molecule has 2 N–H and O–H groups in total. The fraction of sp³-hybridized carbons (Fsp3) is 0.900. The lowest BCUT2D eigenvalue weighted by molar-refractivity contribution is 0.0323. The smallest absolute Gasteiger partial charge is 0.192 e. The van der Waals surface area contributed by atoms with Crippen LogP contribution in [-0.4, -0.2) is 42.2 Å². The average molecular weight is 199 g/mol. The largest absolute Gasteiger partial charge is 0.377 e. The minimum absolute atomic E-state index is 0.109. The van der Waals surface area contributed by atoms with Crippen molar-refractivity contribution in [2.45, 2.75) is 39.3 Å². The fourth-order valence-corrected chi connectivity index (χ4v) is 1.48. The summed E-state index contributed by atoms with van der Waals surface area (Å²) in [6, 6.07) is 0.329. The Balaban J connectivity index is 2.67. The maximum atomic E-state index is 5.95. The van der Waals surface area contributed by atoms with Gasteiger partial charge in [0, 0.05) is 6.54 Å². The SMILES string of the molecule is CC1COCCN1C(N)=NC(C)(C)C. The van der Waals surface area contributed by atoms with Crippen LogP contribution in [0.1, 0.15) is 27.7 Å². The van der Waals surface area contributed by atoms with Crippen LogP contribution in [0.2, 0.25) is 0 Å². The number of hydrogen-bond acceptors (Lipinski definition) is 2. The number of hydrogen-bond donors (Lipinski definition) is 1. The minimum Gasteiger partial charge on any atom is -0.377 e. The van der Waals surface area contributed by atoms with Gasteiger partial charge in [-0.25, -0.2) is 4.99 Å². The Hall–Kier alpha value is -0.770. The quantitative estimate of drug-likeness (QED) is 0.464. The number of aliphatic imine (C=N–C) groups is 1. The minimum atomic E-state index is -0.109. The third kappa shape index (κ3) is 3.18. The van der Waals surface area contributed by atoms with Gasteiger partial charge in [-0.05, 0) is 27.7 Å². The van der Waals surface area contributed by atoms with Crippen molar-refractivity contribution in [1.82, 2.24) is 4.90 Å². The molecule has 4 nitrogen and oxygen atoms in total. The first-order valence-electron chi connectivity index (χ1n) is 5.10. The highest BCUT2D eigenvalue weighted by Gasteiger charge is 2.21. The van der Waals surface area contributed by atoms with Crippen LogP contribution in [0.4, 0.5) is 0 Å². The predicted molar refractivity (Wildman–Crippen MR) is 58.4 cm³/mol. The van der Waals surface area contributed by atoms with Crippen molar-refractivity contribution >= 4 is 5.96 Å². The molecule has 1 unspecified atom stereocenters. The van der Waals surface area contributed by atoms with Gasteiger partial charge in [-0.15, -0.1) is 0 Å². The number of guanidine groups is 1. The second-order valence-corrected chi connectivity index (χ2v) is 4.76. The Labute approximate surface area is 86.1 Å². The normalized spacial score (nSPS) is 25.3. The van der Waals surface area contributed by atoms with Crippen molar-refractivity contribution in [3.05, 3.63) is 0 Å². The van der Waals surface area contributed by atoms with Crippen LogP contribution in [0.25, 0.3) is 0 Å². The number of nitrogens with zero attached hydrogens (tertiary/aromatic N) is 2. The number of ether oxygens (including phenoxy) is 1. The lowest BCUT2D eigenvalue weighted by Crippen LogP contribution is -2.51. The van der Waals surface area contributed by atoms with Crippen molar-refractivity contribution < 1.29 is 4.74 Å². The Kier molecular flexibility index (Phi) is 3.37. The molecule has 0 aromatic carbocycles. The van der Waals surface area contributed by atoms with Crippen molar-refractivity contribution in [3.63, 3.8) is 0 Å². The van der Waals surface area contributed by atoms with E-state index in [9.17, 15) is 0 Å². The Morgan fingerprint density at radius 3 is 2.64 bits per heavy atom. The summed E-state index contributed by atoms with van der Waals surface area (Å²) < 4.78 is 5.34. The van der Waals surface area contributed by atoms with E-state index in [1.807, 2.05) is 20.8 Å². The predicted octanol–water partition coefficient (Wildman–Crippen LogP) is 0.820. The summed E-state index contributed by atoms with van der Waals surface area (Å²) in [5.74, 6) is 0.633. The molecule has 0 radical (unpaired) electrons. The second-order valence-electron chi connectivity index (χ2n) is 4.76. The van der Waals surface area contributed by atoms with Crippen molar-refractivity contribution in [1.29, 1.82) is 0 Å². The summed E-state index contributed by atoms with van der Waals surface area (Å²) in [6.07, 6.45) is 0. The molecule has 0 spiro atoms. The van der Waals surface area contributed by atoms with E-state index in [-0.39, 0.29) is 5.54 Å². The van der Waals surface area contributed by atoms with Crippen molar-refractivity contribution in [2.24, 2.45) is 10.7 Å². The molecule has 1 atom stereocenters. The lowest BCUT2D eigenvalue weighted by Gasteiger charge is -2.35. The second kappa shape index (κ2) is 4.17. The van der Waals surface area contributed by atoms with Gasteiger partial charge in [-0.2, -0.15) is 0 Å². The van der Waals surface area contributed by atoms with Gasteiger partial charge >= 0.3 is 0 Å². The Morgan fingerprint density at radius 1 is 1.50 bits per heavy atom. The standard InChI is InChI=1S/C10H21N3O/c1-8-7-14-6-5-13(8)9(11)12-10(2,3)4/h8H,5-7H2,1-4H3,(H2,11,12). The molecule has 1 saturated heterocycles.